The predicted molar refractivity (Wildman–Crippen MR) is 80.3 cm³/mol. The summed E-state index contributed by atoms with van der Waals surface area (Å²) in [6.07, 6.45) is 0. The van der Waals surface area contributed by atoms with E-state index in [1.165, 1.54) is 0 Å². The third-order valence-corrected chi connectivity index (χ3v) is 3.20. The Labute approximate surface area is 122 Å². The van der Waals surface area contributed by atoms with Gasteiger partial charge in [-0.15, -0.1) is 0 Å². The zero-order valence-electron chi connectivity index (χ0n) is 12.3. The Bertz CT molecular complexity index is 734. The molecule has 0 aliphatic carbocycles. The first kappa shape index (κ1) is 15.1. The number of carboxylic acids is 1. The normalized spacial score (nSPS) is 11.0. The molecule has 2 rings (SSSR count). The first-order valence-electron chi connectivity index (χ1n) is 6.58. The molecule has 0 aliphatic rings. The molecule has 0 amide bonds. The molecule has 6 nitrogen and oxygen atoms in total. The van der Waals surface area contributed by atoms with E-state index in [0.29, 0.717) is 29.0 Å². The van der Waals surface area contributed by atoms with E-state index in [0.717, 1.165) is 6.54 Å². The molecule has 0 saturated carbocycles. The summed E-state index contributed by atoms with van der Waals surface area (Å²) in [6.45, 7) is 2.79. The van der Waals surface area contributed by atoms with Gasteiger partial charge in [-0.3, -0.25) is 4.79 Å². The van der Waals surface area contributed by atoms with Gasteiger partial charge in [-0.05, 0) is 33.2 Å². The number of benzene rings is 1. The number of nitrogens with one attached hydrogen (secondary N) is 1. The molecule has 2 N–H and O–H groups in total. The van der Waals surface area contributed by atoms with Gasteiger partial charge in [-0.2, -0.15) is 0 Å². The number of nitrogens with zero attached hydrogens (tertiary/aromatic N) is 1. The third-order valence-electron chi connectivity index (χ3n) is 3.20. The van der Waals surface area contributed by atoms with Gasteiger partial charge in [0.15, 0.2) is 0 Å². The minimum absolute atomic E-state index is 0.229. The number of H-pyrrole nitrogens is 1. The van der Waals surface area contributed by atoms with Crippen LogP contribution in [0.5, 0.6) is 5.75 Å². The van der Waals surface area contributed by atoms with Crippen LogP contribution in [0.3, 0.4) is 0 Å². The van der Waals surface area contributed by atoms with Crippen molar-refractivity contribution in [3.8, 4) is 5.75 Å². The molecule has 0 radical (unpaired) electrons. The van der Waals surface area contributed by atoms with Crippen LogP contribution in [-0.4, -0.2) is 48.2 Å². The Hall–Kier alpha value is -2.34. The first-order valence-corrected chi connectivity index (χ1v) is 6.58. The van der Waals surface area contributed by atoms with Gasteiger partial charge in [0.25, 0.3) is 0 Å². The quantitative estimate of drug-likeness (QED) is 0.871. The summed E-state index contributed by atoms with van der Waals surface area (Å²) in [5.74, 6) is -0.680. The Balaban J connectivity index is 2.51. The van der Waals surface area contributed by atoms with E-state index in [9.17, 15) is 9.59 Å². The number of fused-ring (bicyclic) bond motifs is 1. The van der Waals surface area contributed by atoms with Gasteiger partial charge in [0.2, 0.25) is 5.43 Å². The van der Waals surface area contributed by atoms with Crippen LogP contribution in [-0.2, 0) is 0 Å². The maximum absolute atomic E-state index is 12.3. The average Bonchev–Trinajstić information content (AvgIpc) is 2.38. The highest BCUT2D eigenvalue weighted by atomic mass is 16.5. The molecule has 0 atom stereocenters. The topological polar surface area (TPSA) is 82.6 Å². The Morgan fingerprint density at radius 3 is 2.71 bits per heavy atom. The zero-order valence-corrected chi connectivity index (χ0v) is 12.3. The molecular weight excluding hydrogens is 272 g/mol. The highest BCUT2D eigenvalue weighted by Gasteiger charge is 2.17. The number of hydrogen-bond donors (Lipinski definition) is 2. The van der Waals surface area contributed by atoms with Crippen molar-refractivity contribution in [1.82, 2.24) is 9.88 Å². The zero-order chi connectivity index (χ0) is 15.6. The van der Waals surface area contributed by atoms with Gasteiger partial charge in [0, 0.05) is 12.2 Å². The standard InChI is InChI=1S/C15H18N2O4/c1-9-12(15(19)20)14(18)10-5-4-6-11(13(10)16-9)21-8-7-17(2)3/h4-6H,7-8H2,1-3H3,(H,16,18)(H,19,20). The number of hydrogen-bond acceptors (Lipinski definition) is 4. The summed E-state index contributed by atoms with van der Waals surface area (Å²) in [4.78, 5) is 28.4. The monoisotopic (exact) mass is 290 g/mol. The fourth-order valence-corrected chi connectivity index (χ4v) is 2.12. The molecule has 6 heteroatoms. The van der Waals surface area contributed by atoms with Gasteiger partial charge in [-0.1, -0.05) is 6.07 Å². The number of likely N-dealkylation sites (N-methyl/N-ethyl adjacent to an activating group) is 1. The van der Waals surface area contributed by atoms with Gasteiger partial charge >= 0.3 is 5.97 Å². The smallest absolute Gasteiger partial charge is 0.341 e. The lowest BCUT2D eigenvalue weighted by atomic mass is 10.1. The Morgan fingerprint density at radius 1 is 1.38 bits per heavy atom. The highest BCUT2D eigenvalue weighted by Crippen LogP contribution is 2.22. The molecule has 0 unspecified atom stereocenters. The summed E-state index contributed by atoms with van der Waals surface area (Å²) < 4.78 is 5.68. The van der Waals surface area contributed by atoms with Crippen molar-refractivity contribution in [3.63, 3.8) is 0 Å². The lowest BCUT2D eigenvalue weighted by Gasteiger charge is -2.13. The second-order valence-electron chi connectivity index (χ2n) is 5.09. The molecule has 0 bridgehead atoms. The summed E-state index contributed by atoms with van der Waals surface area (Å²) in [5.41, 5.74) is 0.132. The van der Waals surface area contributed by atoms with E-state index in [4.69, 9.17) is 9.84 Å². The fourth-order valence-electron chi connectivity index (χ4n) is 2.12. The van der Waals surface area contributed by atoms with Crippen molar-refractivity contribution in [2.24, 2.45) is 0 Å². The van der Waals surface area contributed by atoms with Gasteiger partial charge < -0.3 is 19.7 Å². The summed E-state index contributed by atoms with van der Waals surface area (Å²) >= 11 is 0. The van der Waals surface area contributed by atoms with E-state index < -0.39 is 11.4 Å². The number of para-hydroxylation sites is 1. The fraction of sp³-hybridized carbons (Fsp3) is 0.333. The minimum Gasteiger partial charge on any atom is -0.490 e. The Morgan fingerprint density at radius 2 is 2.10 bits per heavy atom. The molecule has 112 valence electrons. The van der Waals surface area contributed by atoms with Crippen LogP contribution in [0.1, 0.15) is 16.1 Å². The van der Waals surface area contributed by atoms with Crippen LogP contribution in [0.2, 0.25) is 0 Å². The minimum atomic E-state index is -1.23. The van der Waals surface area contributed by atoms with Crippen molar-refractivity contribution >= 4 is 16.9 Å². The van der Waals surface area contributed by atoms with Crippen molar-refractivity contribution in [1.29, 1.82) is 0 Å². The maximum Gasteiger partial charge on any atom is 0.341 e. The number of aryl methyl sites for hydroxylation is 1. The van der Waals surface area contributed by atoms with E-state index in [2.05, 4.69) is 4.98 Å². The molecule has 2 aromatic rings. The maximum atomic E-state index is 12.3. The number of carbonyl (C=O) groups is 1. The number of carboxylic acid groups (broad SMARTS) is 1. The number of ether oxygens (including phenoxy) is 1. The van der Waals surface area contributed by atoms with Crippen LogP contribution in [0.25, 0.3) is 10.9 Å². The molecule has 1 heterocycles. The molecule has 0 spiro atoms. The van der Waals surface area contributed by atoms with E-state index >= 15 is 0 Å². The van der Waals surface area contributed by atoms with Crippen LogP contribution in [0.4, 0.5) is 0 Å². The summed E-state index contributed by atoms with van der Waals surface area (Å²) in [5, 5.41) is 9.44. The summed E-state index contributed by atoms with van der Waals surface area (Å²) in [7, 11) is 3.88. The molecule has 1 aromatic carbocycles. The van der Waals surface area contributed by atoms with E-state index in [1.807, 2.05) is 19.0 Å². The molecule has 0 aliphatic heterocycles. The lowest BCUT2D eigenvalue weighted by molar-refractivity contribution is 0.0694. The van der Waals surface area contributed by atoms with Crippen molar-refractivity contribution in [2.45, 2.75) is 6.92 Å². The van der Waals surface area contributed by atoms with Crippen LogP contribution in [0, 0.1) is 6.92 Å². The highest BCUT2D eigenvalue weighted by molar-refractivity contribution is 5.95. The number of aromatic nitrogens is 1. The average molecular weight is 290 g/mol. The largest absolute Gasteiger partial charge is 0.490 e. The van der Waals surface area contributed by atoms with Crippen LogP contribution in [0.15, 0.2) is 23.0 Å². The van der Waals surface area contributed by atoms with E-state index in [1.54, 1.807) is 25.1 Å². The lowest BCUT2D eigenvalue weighted by Crippen LogP contribution is -2.20. The van der Waals surface area contributed by atoms with Gasteiger partial charge in [0.05, 0.1) is 10.9 Å². The molecule has 0 saturated heterocycles. The molecular formula is C15H18N2O4. The van der Waals surface area contributed by atoms with Crippen molar-refractivity contribution in [2.75, 3.05) is 27.2 Å². The number of pyridine rings is 1. The SMILES string of the molecule is Cc1[nH]c2c(OCCN(C)C)cccc2c(=O)c1C(=O)O. The second-order valence-corrected chi connectivity index (χ2v) is 5.09. The number of aromatic amines is 1. The van der Waals surface area contributed by atoms with E-state index in [-0.39, 0.29) is 5.56 Å². The molecule has 21 heavy (non-hydrogen) atoms. The van der Waals surface area contributed by atoms with Crippen molar-refractivity contribution in [3.05, 3.63) is 39.7 Å². The first-order chi connectivity index (χ1) is 9.91. The van der Waals surface area contributed by atoms with Gasteiger partial charge in [-0.25, -0.2) is 4.79 Å². The predicted octanol–water partition coefficient (Wildman–Crippen LogP) is 1.48. The van der Waals surface area contributed by atoms with Crippen molar-refractivity contribution < 1.29 is 14.6 Å². The second kappa shape index (κ2) is 5.97. The summed E-state index contributed by atoms with van der Waals surface area (Å²) in [6, 6.07) is 5.04. The Kier molecular flexibility index (Phi) is 4.28. The number of rotatable bonds is 5. The molecule has 0 fully saturated rings. The van der Waals surface area contributed by atoms with Gasteiger partial charge in [0.1, 0.15) is 17.9 Å². The van der Waals surface area contributed by atoms with Crippen LogP contribution >= 0.6 is 0 Å². The molecule has 1 aromatic heterocycles. The third kappa shape index (κ3) is 3.05. The van der Waals surface area contributed by atoms with Crippen LogP contribution < -0.4 is 10.2 Å². The number of aromatic carboxylic acids is 1.